The highest BCUT2D eigenvalue weighted by molar-refractivity contribution is 5.31. The lowest BCUT2D eigenvalue weighted by molar-refractivity contribution is 0.501. The first kappa shape index (κ1) is 7.54. The van der Waals surface area contributed by atoms with Crippen LogP contribution in [0.4, 0.5) is 0 Å². The van der Waals surface area contributed by atoms with E-state index in [4.69, 9.17) is 5.73 Å². The number of hydrogen-bond donors (Lipinski definition) is 2. The van der Waals surface area contributed by atoms with Crippen LogP contribution >= 0.6 is 0 Å². The number of nitrogens with one attached hydrogen (secondary N) is 1. The lowest BCUT2D eigenvalue weighted by Gasteiger charge is -2.19. The van der Waals surface area contributed by atoms with E-state index in [1.807, 2.05) is 6.07 Å². The van der Waals surface area contributed by atoms with Gasteiger partial charge in [-0.15, -0.1) is 0 Å². The average Bonchev–Trinajstić information content (AvgIpc) is 2.71. The zero-order valence-electron chi connectivity index (χ0n) is 7.53. The summed E-state index contributed by atoms with van der Waals surface area (Å²) in [5.41, 5.74) is 7.67. The molecule has 1 saturated carbocycles. The number of rotatable bonds is 1. The molecule has 68 valence electrons. The molecule has 0 aromatic heterocycles. The van der Waals surface area contributed by atoms with Crippen molar-refractivity contribution >= 4 is 0 Å². The fourth-order valence-electron chi connectivity index (χ4n) is 2.51. The summed E-state index contributed by atoms with van der Waals surface area (Å²) in [6.07, 6.45) is 1.19. The van der Waals surface area contributed by atoms with E-state index in [9.17, 15) is 0 Å². The van der Waals surface area contributed by atoms with Crippen LogP contribution in [0.1, 0.15) is 18.0 Å². The van der Waals surface area contributed by atoms with Crippen LogP contribution in [-0.4, -0.2) is 12.1 Å². The molecule has 13 heavy (non-hydrogen) atoms. The van der Waals surface area contributed by atoms with Crippen molar-refractivity contribution in [3.63, 3.8) is 0 Å². The van der Waals surface area contributed by atoms with Crippen LogP contribution in [0.5, 0.6) is 0 Å². The second kappa shape index (κ2) is 2.34. The van der Waals surface area contributed by atoms with E-state index in [-0.39, 0.29) is 5.54 Å². The van der Waals surface area contributed by atoms with Crippen molar-refractivity contribution in [1.82, 2.24) is 5.32 Å². The summed E-state index contributed by atoms with van der Waals surface area (Å²) in [5, 5.41) is 3.49. The molecule has 1 aromatic rings. The van der Waals surface area contributed by atoms with E-state index in [1.165, 1.54) is 12.0 Å². The molecule has 2 aliphatic rings. The molecule has 2 heteroatoms. The first-order valence-corrected chi connectivity index (χ1v) is 4.88. The maximum atomic E-state index is 6.27. The minimum absolute atomic E-state index is 0.0708. The Morgan fingerprint density at radius 1 is 1.31 bits per heavy atom. The molecule has 1 aliphatic carbocycles. The van der Waals surface area contributed by atoms with Gasteiger partial charge in [0.05, 0.1) is 6.04 Å². The van der Waals surface area contributed by atoms with Crippen molar-refractivity contribution in [2.24, 2.45) is 11.7 Å². The molecule has 1 saturated heterocycles. The number of fused-ring (bicyclic) bond motifs is 1. The summed E-state index contributed by atoms with van der Waals surface area (Å²) in [6.45, 7) is 1.09. The molecule has 3 N–H and O–H groups in total. The summed E-state index contributed by atoms with van der Waals surface area (Å²) >= 11 is 0. The summed E-state index contributed by atoms with van der Waals surface area (Å²) in [7, 11) is 0. The van der Waals surface area contributed by atoms with E-state index >= 15 is 0 Å². The standard InChI is InChI=1S/C11H14N2/c12-11-6-9(11)7-13-10(11)8-4-2-1-3-5-8/h1-5,9-10,13H,6-7,12H2. The highest BCUT2D eigenvalue weighted by Gasteiger charge is 2.60. The predicted octanol–water partition coefficient (Wildman–Crippen LogP) is 1.05. The normalized spacial score (nSPS) is 41.6. The first-order valence-electron chi connectivity index (χ1n) is 4.88. The maximum absolute atomic E-state index is 6.27. The SMILES string of the molecule is NC12CC1CNC2c1ccccc1. The molecule has 0 radical (unpaired) electrons. The Bertz CT molecular complexity index is 320. The van der Waals surface area contributed by atoms with Crippen LogP contribution in [0.2, 0.25) is 0 Å². The van der Waals surface area contributed by atoms with E-state index < -0.39 is 0 Å². The third-order valence-electron chi connectivity index (χ3n) is 3.44. The van der Waals surface area contributed by atoms with Crippen molar-refractivity contribution < 1.29 is 0 Å². The zero-order valence-corrected chi connectivity index (χ0v) is 7.53. The van der Waals surface area contributed by atoms with E-state index in [2.05, 4.69) is 29.6 Å². The van der Waals surface area contributed by atoms with Crippen LogP contribution in [0.25, 0.3) is 0 Å². The monoisotopic (exact) mass is 174 g/mol. The average molecular weight is 174 g/mol. The predicted molar refractivity (Wildman–Crippen MR) is 52.2 cm³/mol. The minimum atomic E-state index is 0.0708. The van der Waals surface area contributed by atoms with Crippen molar-refractivity contribution in [2.75, 3.05) is 6.54 Å². The Morgan fingerprint density at radius 3 is 2.62 bits per heavy atom. The number of nitrogens with two attached hydrogens (primary N) is 1. The molecule has 0 spiro atoms. The van der Waals surface area contributed by atoms with Crippen molar-refractivity contribution in [3.05, 3.63) is 35.9 Å². The lowest BCUT2D eigenvalue weighted by atomic mass is 9.99. The van der Waals surface area contributed by atoms with Gasteiger partial charge >= 0.3 is 0 Å². The van der Waals surface area contributed by atoms with Gasteiger partial charge in [-0.05, 0) is 17.9 Å². The largest absolute Gasteiger partial charge is 0.323 e. The van der Waals surface area contributed by atoms with Gasteiger partial charge in [0.1, 0.15) is 0 Å². The quantitative estimate of drug-likeness (QED) is 0.668. The van der Waals surface area contributed by atoms with Gasteiger partial charge in [0.25, 0.3) is 0 Å². The fraction of sp³-hybridized carbons (Fsp3) is 0.455. The molecule has 1 aliphatic heterocycles. The first-order chi connectivity index (χ1) is 6.31. The second-order valence-electron chi connectivity index (χ2n) is 4.27. The molecule has 0 amide bonds. The molecule has 3 unspecified atom stereocenters. The third kappa shape index (κ3) is 0.960. The molecule has 3 rings (SSSR count). The van der Waals surface area contributed by atoms with E-state index in [0.29, 0.717) is 6.04 Å². The molecule has 2 fully saturated rings. The zero-order chi connectivity index (χ0) is 8.89. The highest BCUT2D eigenvalue weighted by atomic mass is 15.1. The van der Waals surface area contributed by atoms with Gasteiger partial charge in [0, 0.05) is 12.1 Å². The van der Waals surface area contributed by atoms with E-state index in [0.717, 1.165) is 12.5 Å². The van der Waals surface area contributed by atoms with Crippen LogP contribution in [0.3, 0.4) is 0 Å². The van der Waals surface area contributed by atoms with Crippen LogP contribution in [0.15, 0.2) is 30.3 Å². The summed E-state index contributed by atoms with van der Waals surface area (Å²) in [5.74, 6) is 0.720. The van der Waals surface area contributed by atoms with Gasteiger partial charge < -0.3 is 11.1 Å². The Labute approximate surface area is 78.1 Å². The van der Waals surface area contributed by atoms with Crippen LogP contribution < -0.4 is 11.1 Å². The van der Waals surface area contributed by atoms with Crippen molar-refractivity contribution in [1.29, 1.82) is 0 Å². The topological polar surface area (TPSA) is 38.0 Å². The van der Waals surface area contributed by atoms with E-state index in [1.54, 1.807) is 0 Å². The van der Waals surface area contributed by atoms with Gasteiger partial charge in [-0.25, -0.2) is 0 Å². The van der Waals surface area contributed by atoms with Crippen LogP contribution in [0, 0.1) is 5.92 Å². The van der Waals surface area contributed by atoms with Gasteiger partial charge in [-0.3, -0.25) is 0 Å². The fourth-order valence-corrected chi connectivity index (χ4v) is 2.51. The Hall–Kier alpha value is -0.860. The molecule has 3 atom stereocenters. The summed E-state index contributed by atoms with van der Waals surface area (Å²) in [4.78, 5) is 0. The molecule has 1 aromatic carbocycles. The molecular weight excluding hydrogens is 160 g/mol. The minimum Gasteiger partial charge on any atom is -0.323 e. The highest BCUT2D eigenvalue weighted by Crippen LogP contribution is 2.53. The van der Waals surface area contributed by atoms with Gasteiger partial charge in [0.15, 0.2) is 0 Å². The number of piperidine rings is 1. The molecule has 2 nitrogen and oxygen atoms in total. The molecule has 0 bridgehead atoms. The Kier molecular flexibility index (Phi) is 1.35. The Morgan fingerprint density at radius 2 is 2.08 bits per heavy atom. The molecule has 1 heterocycles. The second-order valence-corrected chi connectivity index (χ2v) is 4.27. The Balaban J connectivity index is 1.94. The van der Waals surface area contributed by atoms with Gasteiger partial charge in [0.2, 0.25) is 0 Å². The van der Waals surface area contributed by atoms with Gasteiger partial charge in [-0.2, -0.15) is 0 Å². The maximum Gasteiger partial charge on any atom is 0.0506 e. The smallest absolute Gasteiger partial charge is 0.0506 e. The van der Waals surface area contributed by atoms with Crippen LogP contribution in [-0.2, 0) is 0 Å². The van der Waals surface area contributed by atoms with Crippen molar-refractivity contribution in [3.8, 4) is 0 Å². The van der Waals surface area contributed by atoms with Crippen molar-refractivity contribution in [2.45, 2.75) is 18.0 Å². The molecular formula is C11H14N2. The van der Waals surface area contributed by atoms with Gasteiger partial charge in [-0.1, -0.05) is 30.3 Å². The third-order valence-corrected chi connectivity index (χ3v) is 3.44. The lowest BCUT2D eigenvalue weighted by Crippen LogP contribution is -2.34. The number of benzene rings is 1. The number of hydrogen-bond acceptors (Lipinski definition) is 2. The summed E-state index contributed by atoms with van der Waals surface area (Å²) in [6, 6.07) is 10.9. The summed E-state index contributed by atoms with van der Waals surface area (Å²) < 4.78 is 0.